The molecule has 0 aliphatic rings. The molecular weight excluding hydrogens is 316 g/mol. The zero-order chi connectivity index (χ0) is 17.8. The van der Waals surface area contributed by atoms with Gasteiger partial charge in [-0.1, -0.05) is 6.07 Å². The van der Waals surface area contributed by atoms with Gasteiger partial charge in [-0.15, -0.1) is 0 Å². The third-order valence-electron chi connectivity index (χ3n) is 3.94. The lowest BCUT2D eigenvalue weighted by Gasteiger charge is -2.15. The fraction of sp³-hybridized carbons (Fsp3) is 0.158. The predicted molar refractivity (Wildman–Crippen MR) is 94.0 cm³/mol. The van der Waals surface area contributed by atoms with Crippen LogP contribution in [0.4, 0.5) is 0 Å². The summed E-state index contributed by atoms with van der Waals surface area (Å²) in [6.07, 6.45) is 4.12. The van der Waals surface area contributed by atoms with Crippen molar-refractivity contribution in [2.24, 2.45) is 5.73 Å². The number of amides is 1. The van der Waals surface area contributed by atoms with Crippen LogP contribution in [0, 0.1) is 11.3 Å². The average molecular weight is 332 g/mol. The van der Waals surface area contributed by atoms with Crippen LogP contribution in [0.3, 0.4) is 0 Å². The average Bonchev–Trinajstić information content (AvgIpc) is 2.65. The van der Waals surface area contributed by atoms with E-state index in [1.54, 1.807) is 31.6 Å². The SMILES string of the molecule is COc1ccc2c(C(N)=O)nc(CCC#N)c(-c3cccnc3)c2c1. The number of pyridine rings is 2. The molecule has 0 fully saturated rings. The summed E-state index contributed by atoms with van der Waals surface area (Å²) in [5.41, 5.74) is 8.06. The smallest absolute Gasteiger partial charge is 0.267 e. The highest BCUT2D eigenvalue weighted by atomic mass is 16.5. The number of aromatic nitrogens is 2. The number of hydrogen-bond donors (Lipinski definition) is 1. The van der Waals surface area contributed by atoms with Crippen LogP contribution in [-0.4, -0.2) is 23.0 Å². The van der Waals surface area contributed by atoms with E-state index in [0.29, 0.717) is 23.3 Å². The molecule has 2 aromatic heterocycles. The largest absolute Gasteiger partial charge is 0.497 e. The summed E-state index contributed by atoms with van der Waals surface area (Å²) < 4.78 is 5.33. The van der Waals surface area contributed by atoms with Crippen LogP contribution in [0.5, 0.6) is 5.75 Å². The molecule has 25 heavy (non-hydrogen) atoms. The van der Waals surface area contributed by atoms with Crippen LogP contribution in [0.1, 0.15) is 22.6 Å². The lowest BCUT2D eigenvalue weighted by Crippen LogP contribution is -2.15. The minimum Gasteiger partial charge on any atom is -0.497 e. The summed E-state index contributed by atoms with van der Waals surface area (Å²) in [7, 11) is 1.58. The van der Waals surface area contributed by atoms with Gasteiger partial charge in [-0.05, 0) is 29.7 Å². The van der Waals surface area contributed by atoms with Gasteiger partial charge in [0.05, 0.1) is 18.9 Å². The van der Waals surface area contributed by atoms with E-state index in [-0.39, 0.29) is 12.1 Å². The molecule has 124 valence electrons. The summed E-state index contributed by atoms with van der Waals surface area (Å²) in [6, 6.07) is 11.3. The van der Waals surface area contributed by atoms with Gasteiger partial charge in [0.25, 0.3) is 5.91 Å². The number of ether oxygens (including phenoxy) is 1. The van der Waals surface area contributed by atoms with E-state index in [2.05, 4.69) is 16.0 Å². The molecule has 6 heteroatoms. The number of carbonyl (C=O) groups excluding carboxylic acids is 1. The molecule has 1 aromatic carbocycles. The van der Waals surface area contributed by atoms with Crippen LogP contribution in [0.15, 0.2) is 42.7 Å². The lowest BCUT2D eigenvalue weighted by atomic mass is 9.94. The third-order valence-corrected chi connectivity index (χ3v) is 3.94. The summed E-state index contributed by atoms with van der Waals surface area (Å²) in [6.45, 7) is 0. The topological polar surface area (TPSA) is 102 Å². The van der Waals surface area contributed by atoms with Gasteiger partial charge in [-0.3, -0.25) is 9.78 Å². The van der Waals surface area contributed by atoms with E-state index in [1.807, 2.05) is 18.2 Å². The number of nitriles is 1. The first kappa shape index (κ1) is 16.4. The van der Waals surface area contributed by atoms with Crippen LogP contribution >= 0.6 is 0 Å². The molecule has 0 unspecified atom stereocenters. The van der Waals surface area contributed by atoms with Crippen molar-refractivity contribution in [3.63, 3.8) is 0 Å². The standard InChI is InChI=1S/C19H16N4O2/c1-25-13-6-7-14-15(10-13)17(12-4-3-9-22-11-12)16(5-2-8-20)23-18(14)19(21)24/h3-4,6-7,9-11H,2,5H2,1H3,(H2,21,24). The molecule has 3 aromatic rings. The number of carbonyl (C=O) groups is 1. The molecule has 2 N–H and O–H groups in total. The highest BCUT2D eigenvalue weighted by Crippen LogP contribution is 2.35. The fourth-order valence-corrected chi connectivity index (χ4v) is 2.85. The number of nitrogens with zero attached hydrogens (tertiary/aromatic N) is 3. The molecule has 2 heterocycles. The molecule has 0 bridgehead atoms. The highest BCUT2D eigenvalue weighted by molar-refractivity contribution is 6.09. The van der Waals surface area contributed by atoms with Gasteiger partial charge >= 0.3 is 0 Å². The van der Waals surface area contributed by atoms with Crippen molar-refractivity contribution >= 4 is 16.7 Å². The number of aryl methyl sites for hydroxylation is 1. The molecule has 0 aliphatic heterocycles. The summed E-state index contributed by atoms with van der Waals surface area (Å²) in [4.78, 5) is 20.5. The first-order valence-corrected chi connectivity index (χ1v) is 7.73. The minimum atomic E-state index is -0.605. The maximum absolute atomic E-state index is 11.9. The van der Waals surface area contributed by atoms with Crippen molar-refractivity contribution in [1.82, 2.24) is 9.97 Å². The van der Waals surface area contributed by atoms with Crippen molar-refractivity contribution < 1.29 is 9.53 Å². The molecule has 0 aliphatic carbocycles. The van der Waals surface area contributed by atoms with Gasteiger partial charge in [-0.25, -0.2) is 4.98 Å². The number of rotatable bonds is 5. The highest BCUT2D eigenvalue weighted by Gasteiger charge is 2.18. The van der Waals surface area contributed by atoms with E-state index in [4.69, 9.17) is 15.7 Å². The Morgan fingerprint density at radius 3 is 2.80 bits per heavy atom. The zero-order valence-electron chi connectivity index (χ0n) is 13.7. The van der Waals surface area contributed by atoms with Gasteiger partial charge < -0.3 is 10.5 Å². The number of methoxy groups -OCH3 is 1. The predicted octanol–water partition coefficient (Wildman–Crippen LogP) is 2.86. The van der Waals surface area contributed by atoms with E-state index in [0.717, 1.165) is 16.5 Å². The quantitative estimate of drug-likeness (QED) is 0.774. The van der Waals surface area contributed by atoms with E-state index in [9.17, 15) is 4.79 Å². The minimum absolute atomic E-state index is 0.193. The van der Waals surface area contributed by atoms with E-state index < -0.39 is 5.91 Å². The Hall–Kier alpha value is -3.46. The van der Waals surface area contributed by atoms with Crippen molar-refractivity contribution in [2.75, 3.05) is 7.11 Å². The Balaban J connectivity index is 2.41. The Morgan fingerprint density at radius 2 is 2.16 bits per heavy atom. The molecule has 0 radical (unpaired) electrons. The van der Waals surface area contributed by atoms with Crippen molar-refractivity contribution in [1.29, 1.82) is 5.26 Å². The van der Waals surface area contributed by atoms with Crippen LogP contribution in [-0.2, 0) is 6.42 Å². The Morgan fingerprint density at radius 1 is 1.32 bits per heavy atom. The Kier molecular flexibility index (Phi) is 4.57. The Bertz CT molecular complexity index is 978. The summed E-state index contributed by atoms with van der Waals surface area (Å²) in [5, 5.41) is 10.4. The molecule has 3 rings (SSSR count). The zero-order valence-corrected chi connectivity index (χ0v) is 13.7. The molecule has 0 saturated carbocycles. The van der Waals surface area contributed by atoms with Crippen LogP contribution in [0.2, 0.25) is 0 Å². The van der Waals surface area contributed by atoms with Gasteiger partial charge in [0, 0.05) is 41.7 Å². The number of nitrogens with two attached hydrogens (primary N) is 1. The second-order valence-corrected chi connectivity index (χ2v) is 5.46. The van der Waals surface area contributed by atoms with Crippen molar-refractivity contribution in [3.8, 4) is 22.9 Å². The van der Waals surface area contributed by atoms with E-state index in [1.165, 1.54) is 0 Å². The fourth-order valence-electron chi connectivity index (χ4n) is 2.85. The first-order valence-electron chi connectivity index (χ1n) is 7.73. The Labute approximate surface area is 144 Å². The number of primary amides is 1. The van der Waals surface area contributed by atoms with Gasteiger partial charge in [-0.2, -0.15) is 5.26 Å². The number of benzene rings is 1. The first-order chi connectivity index (χ1) is 12.2. The third kappa shape index (κ3) is 3.12. The maximum atomic E-state index is 11.9. The number of fused-ring (bicyclic) bond motifs is 1. The van der Waals surface area contributed by atoms with E-state index >= 15 is 0 Å². The second kappa shape index (κ2) is 6.97. The van der Waals surface area contributed by atoms with Gasteiger partial charge in [0.15, 0.2) is 0 Å². The normalized spacial score (nSPS) is 10.4. The molecular formula is C19H16N4O2. The molecule has 6 nitrogen and oxygen atoms in total. The molecule has 1 amide bonds. The maximum Gasteiger partial charge on any atom is 0.267 e. The van der Waals surface area contributed by atoms with Crippen LogP contribution < -0.4 is 10.5 Å². The van der Waals surface area contributed by atoms with Gasteiger partial charge in [0.2, 0.25) is 0 Å². The molecule has 0 spiro atoms. The summed E-state index contributed by atoms with van der Waals surface area (Å²) in [5.74, 6) is 0.0524. The molecule has 0 saturated heterocycles. The summed E-state index contributed by atoms with van der Waals surface area (Å²) >= 11 is 0. The molecule has 0 atom stereocenters. The van der Waals surface area contributed by atoms with Crippen LogP contribution in [0.25, 0.3) is 21.9 Å². The number of hydrogen-bond acceptors (Lipinski definition) is 5. The van der Waals surface area contributed by atoms with Crippen molar-refractivity contribution in [3.05, 3.63) is 54.1 Å². The monoisotopic (exact) mass is 332 g/mol. The van der Waals surface area contributed by atoms with Crippen molar-refractivity contribution in [2.45, 2.75) is 12.8 Å². The van der Waals surface area contributed by atoms with Gasteiger partial charge in [0.1, 0.15) is 11.4 Å². The second-order valence-electron chi connectivity index (χ2n) is 5.46. The lowest BCUT2D eigenvalue weighted by molar-refractivity contribution is 0.0997.